The van der Waals surface area contributed by atoms with Crippen LogP contribution in [0.4, 0.5) is 11.6 Å². The number of aromatic nitrogens is 2. The van der Waals surface area contributed by atoms with Crippen molar-refractivity contribution in [1.29, 1.82) is 0 Å². The van der Waals surface area contributed by atoms with Crippen LogP contribution >= 0.6 is 31.9 Å². The van der Waals surface area contributed by atoms with Crippen LogP contribution < -0.4 is 11.1 Å². The largest absolute Gasteiger partial charge is 0.353 e. The number of nitrogens with one attached hydrogen (secondary N) is 1. The minimum absolute atomic E-state index is 0.0162. The molecule has 0 amide bonds. The molecule has 3 N–H and O–H groups in total. The van der Waals surface area contributed by atoms with Crippen LogP contribution in [-0.2, 0) is 0 Å². The molecule has 0 spiro atoms. The maximum absolute atomic E-state index is 11.6. The Bertz CT molecular complexity index is 813. The minimum Gasteiger partial charge on any atom is -0.353 e. The lowest BCUT2D eigenvalue weighted by atomic mass is 9.92. The van der Waals surface area contributed by atoms with Gasteiger partial charge in [0.15, 0.2) is 5.52 Å². The zero-order chi connectivity index (χ0) is 18.3. The number of anilines is 1. The summed E-state index contributed by atoms with van der Waals surface area (Å²) in [5.41, 5.74) is 7.10. The smallest absolute Gasteiger partial charge is 0.312 e. The first-order valence-corrected chi connectivity index (χ1v) is 9.94. The second-order valence-electron chi connectivity index (χ2n) is 6.80. The molecule has 0 bridgehead atoms. The zero-order valence-corrected chi connectivity index (χ0v) is 17.3. The van der Waals surface area contributed by atoms with Gasteiger partial charge in [-0.15, -0.1) is 0 Å². The summed E-state index contributed by atoms with van der Waals surface area (Å²) in [6.45, 7) is 4.09. The lowest BCUT2D eigenvalue weighted by molar-refractivity contribution is -0.384. The quantitative estimate of drug-likeness (QED) is 0.492. The van der Waals surface area contributed by atoms with Crippen LogP contribution in [0.15, 0.2) is 15.0 Å². The highest BCUT2D eigenvalue weighted by Crippen LogP contribution is 2.41. The minimum atomic E-state index is -0.391. The third-order valence-corrected chi connectivity index (χ3v) is 6.62. The van der Waals surface area contributed by atoms with Gasteiger partial charge in [-0.2, -0.15) is 0 Å². The van der Waals surface area contributed by atoms with Gasteiger partial charge in [0, 0.05) is 22.6 Å². The van der Waals surface area contributed by atoms with Crippen molar-refractivity contribution in [3.63, 3.8) is 0 Å². The molecule has 0 saturated heterocycles. The molecule has 0 radical (unpaired) electrons. The average molecular weight is 475 g/mol. The summed E-state index contributed by atoms with van der Waals surface area (Å²) in [5, 5.41) is 15.1. The van der Waals surface area contributed by atoms with Gasteiger partial charge in [-0.05, 0) is 77.5 Å². The van der Waals surface area contributed by atoms with Crippen LogP contribution in [0.25, 0.3) is 11.0 Å². The van der Waals surface area contributed by atoms with Crippen LogP contribution in [0.5, 0.6) is 0 Å². The first-order chi connectivity index (χ1) is 11.8. The van der Waals surface area contributed by atoms with E-state index in [1.807, 2.05) is 24.5 Å². The number of imidazole rings is 1. The molecular weight excluding hydrogens is 454 g/mol. The van der Waals surface area contributed by atoms with Gasteiger partial charge in [0.25, 0.3) is 0 Å². The molecule has 0 atom stereocenters. The highest BCUT2D eigenvalue weighted by molar-refractivity contribution is 9.13. The monoisotopic (exact) mass is 473 g/mol. The topological polar surface area (TPSA) is 99.0 Å². The average Bonchev–Trinajstić information content (AvgIpc) is 2.87. The lowest BCUT2D eigenvalue weighted by Gasteiger charge is -2.27. The van der Waals surface area contributed by atoms with Gasteiger partial charge in [0.1, 0.15) is 4.47 Å². The van der Waals surface area contributed by atoms with Crippen LogP contribution in [0.3, 0.4) is 0 Å². The summed E-state index contributed by atoms with van der Waals surface area (Å²) in [7, 11) is 0. The molecule has 1 aromatic heterocycles. The van der Waals surface area contributed by atoms with Crippen molar-refractivity contribution in [2.24, 2.45) is 5.73 Å². The standard InChI is InChI=1S/C16H21Br2N5O2/c1-8(2)22-12-7-11(17)13(18)15(23(24)25)14(12)21-16(22)20-10-5-3-9(19)4-6-10/h7-10H,3-6,19H2,1-2H3,(H,20,21). The van der Waals surface area contributed by atoms with E-state index in [-0.39, 0.29) is 17.8 Å². The van der Waals surface area contributed by atoms with E-state index >= 15 is 0 Å². The Kier molecular flexibility index (Phi) is 5.36. The third kappa shape index (κ3) is 3.54. The normalized spacial score (nSPS) is 21.0. The molecule has 3 rings (SSSR count). The van der Waals surface area contributed by atoms with Gasteiger partial charge in [0.2, 0.25) is 5.95 Å². The fourth-order valence-electron chi connectivity index (χ4n) is 3.40. The molecule has 7 nitrogen and oxygen atoms in total. The van der Waals surface area contributed by atoms with Gasteiger partial charge < -0.3 is 15.6 Å². The number of benzene rings is 1. The van der Waals surface area contributed by atoms with Crippen molar-refractivity contribution in [3.8, 4) is 0 Å². The Hall–Kier alpha value is -1.19. The van der Waals surface area contributed by atoms with Gasteiger partial charge in [0.05, 0.1) is 10.4 Å². The van der Waals surface area contributed by atoms with Crippen molar-refractivity contribution < 1.29 is 4.92 Å². The molecule has 1 aliphatic carbocycles. The van der Waals surface area contributed by atoms with Crippen LogP contribution in [0.2, 0.25) is 0 Å². The van der Waals surface area contributed by atoms with Gasteiger partial charge in [-0.1, -0.05) is 0 Å². The molecule has 1 heterocycles. The molecule has 1 saturated carbocycles. The Morgan fingerprint density at radius 1 is 1.36 bits per heavy atom. The molecule has 9 heteroatoms. The number of halogens is 2. The summed E-state index contributed by atoms with van der Waals surface area (Å²) in [4.78, 5) is 15.8. The molecule has 25 heavy (non-hydrogen) atoms. The first-order valence-electron chi connectivity index (χ1n) is 8.36. The Morgan fingerprint density at radius 3 is 2.56 bits per heavy atom. The van der Waals surface area contributed by atoms with Gasteiger partial charge in [-0.3, -0.25) is 10.1 Å². The first kappa shape index (κ1) is 18.6. The number of nitro benzene ring substituents is 1. The molecule has 1 aliphatic rings. The Balaban J connectivity index is 2.10. The molecule has 136 valence electrons. The predicted octanol–water partition coefficient (Wildman–Crippen LogP) is 4.73. The third-order valence-electron chi connectivity index (χ3n) is 4.66. The second kappa shape index (κ2) is 7.20. The molecule has 1 aromatic carbocycles. The van der Waals surface area contributed by atoms with Crippen molar-refractivity contribution in [2.75, 3.05) is 5.32 Å². The van der Waals surface area contributed by atoms with E-state index < -0.39 is 4.92 Å². The summed E-state index contributed by atoms with van der Waals surface area (Å²) >= 11 is 6.71. The van der Waals surface area contributed by atoms with E-state index in [9.17, 15) is 10.1 Å². The fraction of sp³-hybridized carbons (Fsp3) is 0.562. The summed E-state index contributed by atoms with van der Waals surface area (Å²) in [5.74, 6) is 0.679. The van der Waals surface area contributed by atoms with E-state index in [1.165, 1.54) is 0 Å². The maximum Gasteiger partial charge on any atom is 0.312 e. The number of nitrogens with two attached hydrogens (primary N) is 1. The zero-order valence-electron chi connectivity index (χ0n) is 14.1. The summed E-state index contributed by atoms with van der Waals surface area (Å²) in [6, 6.07) is 2.56. The van der Waals surface area contributed by atoms with Crippen molar-refractivity contribution >= 4 is 54.5 Å². The number of fused-ring (bicyclic) bond motifs is 1. The SMILES string of the molecule is CC(C)n1c(NC2CCC(N)CC2)nc2c([N+](=O)[O-])c(Br)c(Br)cc21. The second-order valence-corrected chi connectivity index (χ2v) is 8.45. The van der Waals surface area contributed by atoms with E-state index in [4.69, 9.17) is 5.73 Å². The molecule has 0 aliphatic heterocycles. The van der Waals surface area contributed by atoms with Crippen LogP contribution in [-0.4, -0.2) is 26.6 Å². The van der Waals surface area contributed by atoms with Crippen molar-refractivity contribution in [1.82, 2.24) is 9.55 Å². The molecule has 1 fully saturated rings. The maximum atomic E-state index is 11.6. The lowest BCUT2D eigenvalue weighted by Crippen LogP contribution is -2.33. The summed E-state index contributed by atoms with van der Waals surface area (Å²) < 4.78 is 3.07. The Morgan fingerprint density at radius 2 is 2.00 bits per heavy atom. The molecular formula is C16H21Br2N5O2. The fourth-order valence-corrected chi connectivity index (χ4v) is 4.25. The molecule has 2 aromatic rings. The van der Waals surface area contributed by atoms with Gasteiger partial charge >= 0.3 is 5.69 Å². The van der Waals surface area contributed by atoms with Crippen LogP contribution in [0, 0.1) is 10.1 Å². The summed E-state index contributed by atoms with van der Waals surface area (Å²) in [6.07, 6.45) is 3.93. The van der Waals surface area contributed by atoms with E-state index in [1.54, 1.807) is 0 Å². The van der Waals surface area contributed by atoms with E-state index in [2.05, 4.69) is 42.2 Å². The van der Waals surface area contributed by atoms with Crippen molar-refractivity contribution in [3.05, 3.63) is 25.1 Å². The number of rotatable bonds is 4. The van der Waals surface area contributed by atoms with Gasteiger partial charge in [-0.25, -0.2) is 4.98 Å². The number of nitro groups is 1. The van der Waals surface area contributed by atoms with Crippen molar-refractivity contribution in [2.45, 2.75) is 57.7 Å². The predicted molar refractivity (Wildman–Crippen MR) is 106 cm³/mol. The van der Waals surface area contributed by atoms with E-state index in [0.717, 1.165) is 31.2 Å². The number of hydrogen-bond acceptors (Lipinski definition) is 5. The highest BCUT2D eigenvalue weighted by Gasteiger charge is 2.28. The highest BCUT2D eigenvalue weighted by atomic mass is 79.9. The molecule has 0 unspecified atom stereocenters. The Labute approximate surface area is 162 Å². The number of nitrogens with zero attached hydrogens (tertiary/aromatic N) is 3. The van der Waals surface area contributed by atoms with Crippen LogP contribution in [0.1, 0.15) is 45.6 Å². The number of hydrogen-bond donors (Lipinski definition) is 2. The van der Waals surface area contributed by atoms with E-state index in [0.29, 0.717) is 26.5 Å².